The fourth-order valence-corrected chi connectivity index (χ4v) is 1.27. The molecule has 88 valence electrons. The molecule has 0 saturated carbocycles. The SMILES string of the molecule is CCC(Br)C(=O)Nc1ccc(CO)c(F)c1. The summed E-state index contributed by atoms with van der Waals surface area (Å²) in [4.78, 5) is 11.2. The topological polar surface area (TPSA) is 49.3 Å². The molecule has 1 aromatic rings. The Balaban J connectivity index is 2.75. The summed E-state index contributed by atoms with van der Waals surface area (Å²) in [5.41, 5.74) is 0.599. The third kappa shape index (κ3) is 3.28. The van der Waals surface area contributed by atoms with Crippen LogP contribution in [0.15, 0.2) is 18.2 Å². The number of aliphatic hydroxyl groups excluding tert-OH is 1. The smallest absolute Gasteiger partial charge is 0.238 e. The number of amides is 1. The second-order valence-electron chi connectivity index (χ2n) is 3.33. The highest BCUT2D eigenvalue weighted by Crippen LogP contribution is 2.16. The van der Waals surface area contributed by atoms with Gasteiger partial charge in [-0.25, -0.2) is 4.39 Å². The molecule has 1 rings (SSSR count). The van der Waals surface area contributed by atoms with Crippen LogP contribution in [-0.2, 0) is 11.4 Å². The summed E-state index contributed by atoms with van der Waals surface area (Å²) in [7, 11) is 0. The number of anilines is 1. The van der Waals surface area contributed by atoms with Crippen molar-refractivity contribution in [1.29, 1.82) is 0 Å². The molecule has 0 aliphatic heterocycles. The number of aliphatic hydroxyl groups is 1. The molecule has 16 heavy (non-hydrogen) atoms. The second-order valence-corrected chi connectivity index (χ2v) is 4.43. The molecular weight excluding hydrogens is 277 g/mol. The van der Waals surface area contributed by atoms with Gasteiger partial charge in [0.2, 0.25) is 5.91 Å². The number of alkyl halides is 1. The lowest BCUT2D eigenvalue weighted by molar-refractivity contribution is -0.115. The number of benzene rings is 1. The highest BCUT2D eigenvalue weighted by Gasteiger charge is 2.12. The van der Waals surface area contributed by atoms with E-state index >= 15 is 0 Å². The molecule has 1 amide bonds. The van der Waals surface area contributed by atoms with Gasteiger partial charge in [-0.15, -0.1) is 0 Å². The van der Waals surface area contributed by atoms with Crippen LogP contribution in [0.1, 0.15) is 18.9 Å². The van der Waals surface area contributed by atoms with E-state index in [4.69, 9.17) is 5.11 Å². The average molecular weight is 290 g/mol. The first-order valence-electron chi connectivity index (χ1n) is 4.92. The van der Waals surface area contributed by atoms with Crippen molar-refractivity contribution < 1.29 is 14.3 Å². The van der Waals surface area contributed by atoms with Gasteiger partial charge in [0.15, 0.2) is 0 Å². The van der Waals surface area contributed by atoms with Crippen LogP contribution >= 0.6 is 15.9 Å². The first-order chi connectivity index (χ1) is 7.58. The maximum atomic E-state index is 13.3. The van der Waals surface area contributed by atoms with Gasteiger partial charge in [-0.3, -0.25) is 4.79 Å². The number of rotatable bonds is 4. The van der Waals surface area contributed by atoms with E-state index in [-0.39, 0.29) is 22.9 Å². The number of nitrogens with one attached hydrogen (secondary N) is 1. The summed E-state index contributed by atoms with van der Waals surface area (Å²) in [6.07, 6.45) is 0.656. The van der Waals surface area contributed by atoms with Crippen LogP contribution < -0.4 is 5.32 Å². The summed E-state index contributed by atoms with van der Waals surface area (Å²) in [5.74, 6) is -0.735. The molecule has 0 bridgehead atoms. The van der Waals surface area contributed by atoms with Crippen LogP contribution in [0.5, 0.6) is 0 Å². The zero-order chi connectivity index (χ0) is 12.1. The van der Waals surface area contributed by atoms with Crippen molar-refractivity contribution in [2.24, 2.45) is 0 Å². The molecule has 1 unspecified atom stereocenters. The Labute approximate surface area is 102 Å². The van der Waals surface area contributed by atoms with E-state index in [1.54, 1.807) is 6.07 Å². The molecule has 5 heteroatoms. The van der Waals surface area contributed by atoms with E-state index in [1.165, 1.54) is 12.1 Å². The zero-order valence-corrected chi connectivity index (χ0v) is 10.4. The maximum Gasteiger partial charge on any atom is 0.238 e. The highest BCUT2D eigenvalue weighted by molar-refractivity contribution is 9.10. The van der Waals surface area contributed by atoms with Crippen molar-refractivity contribution in [2.75, 3.05) is 5.32 Å². The number of halogens is 2. The Morgan fingerprint density at radius 2 is 2.31 bits per heavy atom. The molecule has 1 atom stereocenters. The molecule has 0 heterocycles. The van der Waals surface area contributed by atoms with Crippen molar-refractivity contribution in [3.8, 4) is 0 Å². The zero-order valence-electron chi connectivity index (χ0n) is 8.84. The fraction of sp³-hybridized carbons (Fsp3) is 0.364. The first-order valence-corrected chi connectivity index (χ1v) is 5.84. The molecule has 0 radical (unpaired) electrons. The minimum absolute atomic E-state index is 0.210. The van der Waals surface area contributed by atoms with Gasteiger partial charge in [0.25, 0.3) is 0 Å². The minimum atomic E-state index is -0.525. The number of hydrogen-bond donors (Lipinski definition) is 2. The van der Waals surface area contributed by atoms with Gasteiger partial charge in [-0.2, -0.15) is 0 Å². The lowest BCUT2D eigenvalue weighted by Crippen LogP contribution is -2.22. The third-order valence-corrected chi connectivity index (χ3v) is 3.20. The Morgan fingerprint density at radius 1 is 1.62 bits per heavy atom. The largest absolute Gasteiger partial charge is 0.392 e. The molecule has 0 spiro atoms. The molecule has 2 N–H and O–H groups in total. The Kier molecular flexibility index (Phi) is 4.89. The quantitative estimate of drug-likeness (QED) is 0.837. The first kappa shape index (κ1) is 13.1. The molecule has 0 aliphatic carbocycles. The van der Waals surface area contributed by atoms with Gasteiger partial charge < -0.3 is 10.4 Å². The lowest BCUT2D eigenvalue weighted by Gasteiger charge is -2.09. The van der Waals surface area contributed by atoms with E-state index in [0.29, 0.717) is 12.1 Å². The number of hydrogen-bond acceptors (Lipinski definition) is 2. The van der Waals surface area contributed by atoms with Gasteiger partial charge in [0, 0.05) is 11.3 Å². The van der Waals surface area contributed by atoms with Crippen molar-refractivity contribution in [1.82, 2.24) is 0 Å². The summed E-state index contributed by atoms with van der Waals surface area (Å²) < 4.78 is 13.3. The normalized spacial score (nSPS) is 12.2. The average Bonchev–Trinajstić information content (AvgIpc) is 2.28. The van der Waals surface area contributed by atoms with Gasteiger partial charge in [0.1, 0.15) is 5.82 Å². The van der Waals surface area contributed by atoms with Gasteiger partial charge in [-0.05, 0) is 18.6 Å². The van der Waals surface area contributed by atoms with E-state index in [2.05, 4.69) is 21.2 Å². The van der Waals surface area contributed by atoms with E-state index < -0.39 is 5.82 Å². The van der Waals surface area contributed by atoms with E-state index in [1.807, 2.05) is 6.92 Å². The van der Waals surface area contributed by atoms with Crippen molar-refractivity contribution in [3.05, 3.63) is 29.6 Å². The van der Waals surface area contributed by atoms with Crippen molar-refractivity contribution >= 4 is 27.5 Å². The summed E-state index contributed by atoms with van der Waals surface area (Å²) in [6.45, 7) is 1.52. The third-order valence-electron chi connectivity index (χ3n) is 2.13. The predicted octanol–water partition coefficient (Wildman–Crippen LogP) is 2.43. The minimum Gasteiger partial charge on any atom is -0.392 e. The lowest BCUT2D eigenvalue weighted by atomic mass is 10.2. The van der Waals surface area contributed by atoms with E-state index in [0.717, 1.165) is 0 Å². The molecule has 3 nitrogen and oxygen atoms in total. The van der Waals surface area contributed by atoms with Gasteiger partial charge in [0.05, 0.1) is 11.4 Å². The summed E-state index contributed by atoms with van der Waals surface area (Å²) in [6, 6.07) is 4.20. The Bertz CT molecular complexity index is 384. The van der Waals surface area contributed by atoms with Crippen LogP contribution in [0.3, 0.4) is 0 Å². The standard InChI is InChI=1S/C11H13BrFNO2/c1-2-9(12)11(16)14-8-4-3-7(6-15)10(13)5-8/h3-5,9,15H,2,6H2,1H3,(H,14,16). The van der Waals surface area contributed by atoms with Crippen LogP contribution in [0.4, 0.5) is 10.1 Å². The molecular formula is C11H13BrFNO2. The molecule has 0 fully saturated rings. The number of carbonyl (C=O) groups is 1. The van der Waals surface area contributed by atoms with Crippen LogP contribution in [0.2, 0.25) is 0 Å². The van der Waals surface area contributed by atoms with Gasteiger partial charge >= 0.3 is 0 Å². The molecule has 0 saturated heterocycles. The summed E-state index contributed by atoms with van der Waals surface area (Å²) in [5, 5.41) is 11.4. The van der Waals surface area contributed by atoms with Crippen molar-refractivity contribution in [2.45, 2.75) is 24.8 Å². The van der Waals surface area contributed by atoms with Crippen LogP contribution in [-0.4, -0.2) is 15.8 Å². The maximum absolute atomic E-state index is 13.3. The molecule has 0 aromatic heterocycles. The predicted molar refractivity (Wildman–Crippen MR) is 64.0 cm³/mol. The monoisotopic (exact) mass is 289 g/mol. The van der Waals surface area contributed by atoms with Gasteiger partial charge in [-0.1, -0.05) is 28.9 Å². The van der Waals surface area contributed by atoms with E-state index in [9.17, 15) is 9.18 Å². The second kappa shape index (κ2) is 5.96. The molecule has 0 aliphatic rings. The number of carbonyl (C=O) groups excluding carboxylic acids is 1. The molecule has 1 aromatic carbocycles. The Hall–Kier alpha value is -0.940. The summed E-state index contributed by atoms with van der Waals surface area (Å²) >= 11 is 3.20. The van der Waals surface area contributed by atoms with Crippen LogP contribution in [0.25, 0.3) is 0 Å². The van der Waals surface area contributed by atoms with Crippen molar-refractivity contribution in [3.63, 3.8) is 0 Å². The highest BCUT2D eigenvalue weighted by atomic mass is 79.9. The van der Waals surface area contributed by atoms with Crippen LogP contribution in [0, 0.1) is 5.82 Å². The fourth-order valence-electron chi connectivity index (χ4n) is 1.16. The Morgan fingerprint density at radius 3 is 2.81 bits per heavy atom.